The third kappa shape index (κ3) is 6.90. The van der Waals surface area contributed by atoms with Crippen LogP contribution in [0.5, 0.6) is 0 Å². The summed E-state index contributed by atoms with van der Waals surface area (Å²) < 4.78 is 4.65. The van der Waals surface area contributed by atoms with Crippen LogP contribution in [0.15, 0.2) is 0 Å². The molecule has 0 aromatic carbocycles. The number of carboxylic acids is 1. The van der Waals surface area contributed by atoms with Crippen molar-refractivity contribution in [3.8, 4) is 0 Å². The second-order valence-electron chi connectivity index (χ2n) is 3.65. The Hall–Kier alpha value is -1.10. The fourth-order valence-electron chi connectivity index (χ4n) is 1.52. The minimum atomic E-state index is -0.833. The normalized spacial score (nSPS) is 24.7. The molecule has 1 rings (SSSR count). The molecule has 88 valence electrons. The van der Waals surface area contributed by atoms with Crippen LogP contribution in [0.25, 0.3) is 0 Å². The zero-order valence-electron chi connectivity index (χ0n) is 9.23. The van der Waals surface area contributed by atoms with Crippen molar-refractivity contribution in [2.75, 3.05) is 7.11 Å². The fraction of sp³-hybridized carbons (Fsp3) is 0.800. The van der Waals surface area contributed by atoms with Gasteiger partial charge in [0.25, 0.3) is 5.97 Å². The molecule has 0 aliphatic heterocycles. The van der Waals surface area contributed by atoms with Gasteiger partial charge in [-0.15, -0.1) is 0 Å². The Kier molecular flexibility index (Phi) is 6.70. The molecule has 0 radical (unpaired) electrons. The van der Waals surface area contributed by atoms with Crippen LogP contribution in [0.2, 0.25) is 0 Å². The number of esters is 1. The van der Waals surface area contributed by atoms with E-state index in [0.29, 0.717) is 6.04 Å². The quantitative estimate of drug-likeness (QED) is 0.633. The van der Waals surface area contributed by atoms with Gasteiger partial charge in [-0.1, -0.05) is 0 Å². The number of methoxy groups -OCH3 is 1. The third-order valence-electron chi connectivity index (χ3n) is 2.31. The summed E-state index contributed by atoms with van der Waals surface area (Å²) in [4.78, 5) is 20.0. The first-order valence-corrected chi connectivity index (χ1v) is 5.00. The van der Waals surface area contributed by atoms with Crippen molar-refractivity contribution in [1.82, 2.24) is 0 Å². The Morgan fingerprint density at radius 3 is 2.00 bits per heavy atom. The lowest BCUT2D eigenvalue weighted by Gasteiger charge is -2.23. The highest BCUT2D eigenvalue weighted by Gasteiger charge is 2.24. The molecule has 0 bridgehead atoms. The highest BCUT2D eigenvalue weighted by Crippen LogP contribution is 2.23. The van der Waals surface area contributed by atoms with Gasteiger partial charge >= 0.3 is 5.97 Å². The molecule has 1 aliphatic rings. The van der Waals surface area contributed by atoms with Gasteiger partial charge in [-0.3, -0.25) is 9.59 Å². The smallest absolute Gasteiger partial charge is 0.308 e. The van der Waals surface area contributed by atoms with Gasteiger partial charge in [0, 0.05) is 13.0 Å². The van der Waals surface area contributed by atoms with E-state index in [-0.39, 0.29) is 11.9 Å². The fourth-order valence-corrected chi connectivity index (χ4v) is 1.52. The zero-order chi connectivity index (χ0) is 11.8. The third-order valence-corrected chi connectivity index (χ3v) is 2.31. The molecule has 0 spiro atoms. The topological polar surface area (TPSA) is 89.6 Å². The van der Waals surface area contributed by atoms with Crippen molar-refractivity contribution >= 4 is 11.9 Å². The number of aliphatic carboxylic acids is 1. The van der Waals surface area contributed by atoms with Crippen LogP contribution in [-0.4, -0.2) is 30.2 Å². The predicted molar refractivity (Wildman–Crippen MR) is 55.3 cm³/mol. The molecule has 0 atom stereocenters. The van der Waals surface area contributed by atoms with E-state index in [0.717, 1.165) is 32.6 Å². The molecule has 0 amide bonds. The Bertz CT molecular complexity index is 205. The van der Waals surface area contributed by atoms with Crippen LogP contribution in [0.3, 0.4) is 0 Å². The summed E-state index contributed by atoms with van der Waals surface area (Å²) in [5.41, 5.74) is 5.69. The Labute approximate surface area is 89.6 Å². The van der Waals surface area contributed by atoms with Gasteiger partial charge in [0.2, 0.25) is 0 Å². The first kappa shape index (κ1) is 13.9. The highest BCUT2D eigenvalue weighted by atomic mass is 16.5. The summed E-state index contributed by atoms with van der Waals surface area (Å²) in [6.45, 7) is 1.08. The second-order valence-corrected chi connectivity index (χ2v) is 3.65. The number of ether oxygens (including phenoxy) is 1. The molecule has 0 heterocycles. The highest BCUT2D eigenvalue weighted by molar-refractivity contribution is 5.72. The van der Waals surface area contributed by atoms with Crippen LogP contribution < -0.4 is 5.73 Å². The van der Waals surface area contributed by atoms with E-state index in [9.17, 15) is 4.79 Å². The number of rotatable bonds is 1. The number of carbonyl (C=O) groups excluding carboxylic acids is 1. The summed E-state index contributed by atoms with van der Waals surface area (Å²) in [5, 5.41) is 7.42. The molecular formula is C10H19NO4. The Balaban J connectivity index is 0.000000423. The molecule has 0 saturated heterocycles. The molecule has 5 nitrogen and oxygen atoms in total. The Morgan fingerprint density at radius 2 is 1.67 bits per heavy atom. The maximum atomic E-state index is 11.0. The van der Waals surface area contributed by atoms with E-state index in [4.69, 9.17) is 15.6 Å². The minimum absolute atomic E-state index is 0.0723. The van der Waals surface area contributed by atoms with Gasteiger partial charge in [0.1, 0.15) is 0 Å². The molecule has 5 heteroatoms. The average Bonchev–Trinajstić information content (AvgIpc) is 2.17. The standard InChI is InChI=1S/C8H15NO2.C2H4O2/c1-11-8(10)6-2-4-7(9)5-3-6;1-2(3)4/h6-7H,2-5,9H2,1H3;1H3,(H,3,4). The summed E-state index contributed by atoms with van der Waals surface area (Å²) in [6, 6.07) is 0.302. The molecule has 1 aliphatic carbocycles. The number of hydrogen-bond acceptors (Lipinski definition) is 4. The first-order chi connectivity index (χ1) is 6.97. The number of hydrogen-bond donors (Lipinski definition) is 2. The van der Waals surface area contributed by atoms with Crippen molar-refractivity contribution in [2.45, 2.75) is 38.6 Å². The molecule has 0 aromatic rings. The number of carboxylic acid groups (broad SMARTS) is 1. The van der Waals surface area contributed by atoms with E-state index in [2.05, 4.69) is 4.74 Å². The molecule has 0 unspecified atom stereocenters. The zero-order valence-corrected chi connectivity index (χ0v) is 9.23. The second kappa shape index (κ2) is 7.23. The van der Waals surface area contributed by atoms with Crippen LogP contribution in [0.4, 0.5) is 0 Å². The lowest BCUT2D eigenvalue weighted by atomic mass is 9.87. The van der Waals surface area contributed by atoms with Crippen molar-refractivity contribution in [3.05, 3.63) is 0 Å². The minimum Gasteiger partial charge on any atom is -0.481 e. The van der Waals surface area contributed by atoms with Gasteiger partial charge in [-0.2, -0.15) is 0 Å². The average molecular weight is 217 g/mol. The summed E-state index contributed by atoms with van der Waals surface area (Å²) in [6.07, 6.45) is 3.71. The SMILES string of the molecule is CC(=O)O.COC(=O)C1CCC(N)CC1. The largest absolute Gasteiger partial charge is 0.481 e. The van der Waals surface area contributed by atoms with Gasteiger partial charge in [0.15, 0.2) is 0 Å². The van der Waals surface area contributed by atoms with E-state index < -0.39 is 5.97 Å². The van der Waals surface area contributed by atoms with Crippen LogP contribution in [-0.2, 0) is 14.3 Å². The van der Waals surface area contributed by atoms with Crippen LogP contribution >= 0.6 is 0 Å². The Morgan fingerprint density at radius 1 is 1.27 bits per heavy atom. The molecule has 3 N–H and O–H groups in total. The van der Waals surface area contributed by atoms with Crippen molar-refractivity contribution in [3.63, 3.8) is 0 Å². The molecule has 15 heavy (non-hydrogen) atoms. The van der Waals surface area contributed by atoms with Gasteiger partial charge in [-0.05, 0) is 25.7 Å². The van der Waals surface area contributed by atoms with Crippen LogP contribution in [0, 0.1) is 5.92 Å². The van der Waals surface area contributed by atoms with Crippen LogP contribution in [0.1, 0.15) is 32.6 Å². The lowest BCUT2D eigenvalue weighted by molar-refractivity contribution is -0.146. The predicted octanol–water partition coefficient (Wildman–Crippen LogP) is 0.768. The maximum Gasteiger partial charge on any atom is 0.308 e. The lowest BCUT2D eigenvalue weighted by Crippen LogP contribution is -2.30. The van der Waals surface area contributed by atoms with Gasteiger partial charge in [0.05, 0.1) is 13.0 Å². The monoisotopic (exact) mass is 217 g/mol. The number of nitrogens with two attached hydrogens (primary N) is 1. The molecule has 1 saturated carbocycles. The van der Waals surface area contributed by atoms with E-state index in [1.807, 2.05) is 0 Å². The summed E-state index contributed by atoms with van der Waals surface area (Å²) >= 11 is 0. The van der Waals surface area contributed by atoms with E-state index in [1.165, 1.54) is 7.11 Å². The summed E-state index contributed by atoms with van der Waals surface area (Å²) in [7, 11) is 1.44. The number of carbonyl (C=O) groups is 2. The molecule has 0 aromatic heterocycles. The van der Waals surface area contributed by atoms with Crippen molar-refractivity contribution in [1.29, 1.82) is 0 Å². The van der Waals surface area contributed by atoms with E-state index >= 15 is 0 Å². The molecular weight excluding hydrogens is 198 g/mol. The maximum absolute atomic E-state index is 11.0. The van der Waals surface area contributed by atoms with Gasteiger partial charge in [-0.25, -0.2) is 0 Å². The van der Waals surface area contributed by atoms with Gasteiger partial charge < -0.3 is 15.6 Å². The van der Waals surface area contributed by atoms with Crippen molar-refractivity contribution < 1.29 is 19.4 Å². The van der Waals surface area contributed by atoms with Crippen molar-refractivity contribution in [2.24, 2.45) is 11.7 Å². The summed E-state index contributed by atoms with van der Waals surface area (Å²) in [5.74, 6) is -0.795. The van der Waals surface area contributed by atoms with E-state index in [1.54, 1.807) is 0 Å². The molecule has 1 fully saturated rings. The first-order valence-electron chi connectivity index (χ1n) is 5.00.